The lowest BCUT2D eigenvalue weighted by atomic mass is 10.0. The third-order valence-corrected chi connectivity index (χ3v) is 13.2. The summed E-state index contributed by atoms with van der Waals surface area (Å²) in [4.78, 5) is 35.0. The lowest BCUT2D eigenvalue weighted by Crippen LogP contribution is -2.29. The SMILES string of the molecule is CC/C=C\C/C=C\C/C=C\C/C=C\CCCCCCCCCCCCCCCCCCCCCCCCC(=O)OC(COC(=O)CCCCCCCCCCCCC)COP(=O)(O)OCCN. The zero-order chi connectivity index (χ0) is 48.8. The molecule has 0 saturated heterocycles. The van der Waals surface area contributed by atoms with Gasteiger partial charge in [-0.25, -0.2) is 4.57 Å². The Morgan fingerprint density at radius 1 is 0.463 bits per heavy atom. The van der Waals surface area contributed by atoms with Gasteiger partial charge in [0, 0.05) is 19.4 Å². The van der Waals surface area contributed by atoms with Crippen LogP contribution in [0.2, 0.25) is 0 Å². The van der Waals surface area contributed by atoms with Crippen LogP contribution in [0.15, 0.2) is 48.6 Å². The second kappa shape index (κ2) is 53.3. The molecule has 9 nitrogen and oxygen atoms in total. The Labute approximate surface area is 413 Å². The number of hydrogen-bond donors (Lipinski definition) is 2. The lowest BCUT2D eigenvalue weighted by molar-refractivity contribution is -0.161. The first-order chi connectivity index (χ1) is 32.8. The summed E-state index contributed by atoms with van der Waals surface area (Å²) in [6.45, 7) is 3.65. The van der Waals surface area contributed by atoms with Crippen molar-refractivity contribution in [1.29, 1.82) is 0 Å². The van der Waals surface area contributed by atoms with Gasteiger partial charge in [-0.05, 0) is 51.4 Å². The highest BCUT2D eigenvalue weighted by atomic mass is 31.2. The molecule has 0 aliphatic heterocycles. The predicted molar refractivity (Wildman–Crippen MR) is 284 cm³/mol. The molecular weight excluding hydrogens is 858 g/mol. The molecule has 0 aromatic carbocycles. The van der Waals surface area contributed by atoms with Crippen molar-refractivity contribution in [3.8, 4) is 0 Å². The monoisotopic (exact) mass is 964 g/mol. The van der Waals surface area contributed by atoms with Crippen LogP contribution in [0.25, 0.3) is 0 Å². The minimum absolute atomic E-state index is 0.0556. The number of phosphoric acid groups is 1. The number of carbonyl (C=O) groups excluding carboxylic acids is 2. The van der Waals surface area contributed by atoms with Gasteiger partial charge in [-0.2, -0.15) is 0 Å². The van der Waals surface area contributed by atoms with Gasteiger partial charge >= 0.3 is 19.8 Å². The fourth-order valence-electron chi connectivity index (χ4n) is 8.10. The molecule has 0 aliphatic carbocycles. The van der Waals surface area contributed by atoms with Gasteiger partial charge in [-0.1, -0.05) is 255 Å². The van der Waals surface area contributed by atoms with E-state index in [2.05, 4.69) is 62.5 Å². The molecule has 0 saturated carbocycles. The second-order valence-electron chi connectivity index (χ2n) is 18.8. The average Bonchev–Trinajstić information content (AvgIpc) is 3.32. The molecule has 0 heterocycles. The summed E-state index contributed by atoms with van der Waals surface area (Å²) in [6.07, 6.45) is 64.8. The second-order valence-corrected chi connectivity index (χ2v) is 20.2. The topological polar surface area (TPSA) is 134 Å². The highest BCUT2D eigenvalue weighted by molar-refractivity contribution is 7.47. The summed E-state index contributed by atoms with van der Waals surface area (Å²) in [6, 6.07) is 0. The standard InChI is InChI=1S/C57H106NO8P/c1-3-5-7-9-11-13-15-16-17-18-19-20-21-22-23-24-25-26-27-28-29-30-31-32-33-34-35-36-37-38-40-42-44-46-48-50-57(60)66-55(54-65-67(61,62)64-52-51-58)53-63-56(59)49-47-45-43-41-39-14-12-10-8-6-4-2/h5,7,11,13,16-17,19-20,55H,3-4,6,8-10,12,14-15,18,21-54,58H2,1-2H3,(H,61,62)/b7-5-,13-11-,17-16-,20-19-. The van der Waals surface area contributed by atoms with Crippen LogP contribution in [0.4, 0.5) is 0 Å². The number of allylic oxidation sites excluding steroid dienone is 8. The van der Waals surface area contributed by atoms with Crippen LogP contribution >= 0.6 is 7.82 Å². The van der Waals surface area contributed by atoms with Crippen molar-refractivity contribution in [3.63, 3.8) is 0 Å². The Morgan fingerprint density at radius 2 is 0.821 bits per heavy atom. The predicted octanol–water partition coefficient (Wildman–Crippen LogP) is 17.4. The molecule has 0 aromatic rings. The molecule has 2 unspecified atom stereocenters. The third kappa shape index (κ3) is 53.2. The number of rotatable bonds is 53. The van der Waals surface area contributed by atoms with Crippen molar-refractivity contribution in [2.24, 2.45) is 5.73 Å². The third-order valence-electron chi connectivity index (χ3n) is 12.2. The summed E-state index contributed by atoms with van der Waals surface area (Å²) in [5, 5.41) is 0. The van der Waals surface area contributed by atoms with Crippen molar-refractivity contribution < 1.29 is 37.6 Å². The number of esters is 2. The van der Waals surface area contributed by atoms with E-state index < -0.39 is 26.5 Å². The number of nitrogens with two attached hydrogens (primary N) is 1. The zero-order valence-corrected chi connectivity index (χ0v) is 44.5. The highest BCUT2D eigenvalue weighted by Gasteiger charge is 2.26. The molecule has 392 valence electrons. The van der Waals surface area contributed by atoms with E-state index in [1.807, 2.05) is 0 Å². The normalized spacial score (nSPS) is 13.4. The van der Waals surface area contributed by atoms with Crippen LogP contribution in [0.5, 0.6) is 0 Å². The molecule has 67 heavy (non-hydrogen) atoms. The lowest BCUT2D eigenvalue weighted by Gasteiger charge is -2.19. The zero-order valence-electron chi connectivity index (χ0n) is 43.6. The van der Waals surface area contributed by atoms with E-state index in [9.17, 15) is 19.0 Å². The Balaban J connectivity index is 3.78. The van der Waals surface area contributed by atoms with Gasteiger partial charge in [0.15, 0.2) is 6.10 Å². The summed E-state index contributed by atoms with van der Waals surface area (Å²) in [7, 11) is -4.38. The van der Waals surface area contributed by atoms with Gasteiger partial charge in [-0.15, -0.1) is 0 Å². The van der Waals surface area contributed by atoms with Gasteiger partial charge < -0.3 is 20.1 Å². The number of ether oxygens (including phenoxy) is 2. The quantitative estimate of drug-likeness (QED) is 0.0264. The maximum absolute atomic E-state index is 12.7. The summed E-state index contributed by atoms with van der Waals surface area (Å²) in [5.74, 6) is -0.816. The average molecular weight is 964 g/mol. The van der Waals surface area contributed by atoms with Crippen LogP contribution in [0.3, 0.4) is 0 Å². The molecule has 3 N–H and O–H groups in total. The molecule has 0 radical (unpaired) electrons. The van der Waals surface area contributed by atoms with Crippen molar-refractivity contribution in [2.45, 2.75) is 277 Å². The maximum Gasteiger partial charge on any atom is 0.472 e. The number of carbonyl (C=O) groups is 2. The van der Waals surface area contributed by atoms with Crippen molar-refractivity contribution in [2.75, 3.05) is 26.4 Å². The fraction of sp³-hybridized carbons (Fsp3) is 0.825. The van der Waals surface area contributed by atoms with Crippen molar-refractivity contribution in [1.82, 2.24) is 0 Å². The Morgan fingerprint density at radius 3 is 1.22 bits per heavy atom. The van der Waals surface area contributed by atoms with Crippen LogP contribution in [0, 0.1) is 0 Å². The van der Waals surface area contributed by atoms with E-state index in [1.165, 1.54) is 180 Å². The van der Waals surface area contributed by atoms with Gasteiger partial charge in [0.2, 0.25) is 0 Å². The summed E-state index contributed by atoms with van der Waals surface area (Å²) in [5.41, 5.74) is 5.37. The Kier molecular flexibility index (Phi) is 51.7. The van der Waals surface area contributed by atoms with Crippen LogP contribution in [0.1, 0.15) is 271 Å². The van der Waals surface area contributed by atoms with E-state index in [4.69, 9.17) is 24.3 Å². The molecule has 0 aliphatic rings. The number of hydrogen-bond acceptors (Lipinski definition) is 8. The summed E-state index contributed by atoms with van der Waals surface area (Å²) >= 11 is 0. The van der Waals surface area contributed by atoms with Gasteiger partial charge in [-0.3, -0.25) is 18.6 Å². The van der Waals surface area contributed by atoms with E-state index in [1.54, 1.807) is 0 Å². The fourth-order valence-corrected chi connectivity index (χ4v) is 8.87. The minimum Gasteiger partial charge on any atom is -0.462 e. The first-order valence-electron chi connectivity index (χ1n) is 28.1. The number of phosphoric ester groups is 1. The van der Waals surface area contributed by atoms with Crippen LogP contribution in [-0.4, -0.2) is 49.3 Å². The molecule has 0 fully saturated rings. The largest absolute Gasteiger partial charge is 0.472 e. The van der Waals surface area contributed by atoms with Gasteiger partial charge in [0.25, 0.3) is 0 Å². The van der Waals surface area contributed by atoms with Crippen molar-refractivity contribution in [3.05, 3.63) is 48.6 Å². The first-order valence-corrected chi connectivity index (χ1v) is 29.6. The first kappa shape index (κ1) is 65.0. The van der Waals surface area contributed by atoms with E-state index >= 15 is 0 Å². The molecule has 2 atom stereocenters. The molecule has 0 amide bonds. The number of unbranched alkanes of at least 4 members (excludes halogenated alkanes) is 32. The van der Waals surface area contributed by atoms with Crippen LogP contribution < -0.4 is 5.73 Å². The van der Waals surface area contributed by atoms with E-state index in [0.717, 1.165) is 57.8 Å². The molecule has 10 heteroatoms. The smallest absolute Gasteiger partial charge is 0.462 e. The molecule has 0 aromatic heterocycles. The molecule has 0 spiro atoms. The van der Waals surface area contributed by atoms with Crippen LogP contribution in [-0.2, 0) is 32.7 Å². The van der Waals surface area contributed by atoms with Gasteiger partial charge in [0.1, 0.15) is 6.61 Å². The molecule has 0 rings (SSSR count). The molecular formula is C57H106NO8P. The minimum atomic E-state index is -4.38. The summed E-state index contributed by atoms with van der Waals surface area (Å²) < 4.78 is 32.9. The van der Waals surface area contributed by atoms with Gasteiger partial charge in [0.05, 0.1) is 13.2 Å². The maximum atomic E-state index is 12.7. The van der Waals surface area contributed by atoms with Crippen molar-refractivity contribution >= 4 is 19.8 Å². The van der Waals surface area contributed by atoms with E-state index in [0.29, 0.717) is 6.42 Å². The Bertz CT molecular complexity index is 1240. The van der Waals surface area contributed by atoms with E-state index in [-0.39, 0.29) is 38.6 Å². The highest BCUT2D eigenvalue weighted by Crippen LogP contribution is 2.43. The Hall–Kier alpha value is -2.03. The molecule has 0 bridgehead atoms.